The first-order chi connectivity index (χ1) is 17.6. The number of carbonyl (C=O) groups is 2. The van der Waals surface area contributed by atoms with E-state index >= 15 is 0 Å². The van der Waals surface area contributed by atoms with Crippen molar-refractivity contribution in [1.82, 2.24) is 20.5 Å². The van der Waals surface area contributed by atoms with E-state index in [2.05, 4.69) is 34.4 Å². The molecular weight excluding hydrogens is 481 g/mol. The van der Waals surface area contributed by atoms with E-state index in [9.17, 15) is 22.8 Å². The number of rotatable bonds is 7. The molecule has 1 aromatic heterocycles. The van der Waals surface area contributed by atoms with Gasteiger partial charge in [-0.3, -0.25) is 19.5 Å². The van der Waals surface area contributed by atoms with Gasteiger partial charge in [-0.2, -0.15) is 13.2 Å². The lowest BCUT2D eigenvalue weighted by atomic mass is 9.81. The molecule has 1 aliphatic heterocycles. The van der Waals surface area contributed by atoms with Gasteiger partial charge in [-0.25, -0.2) is 0 Å². The van der Waals surface area contributed by atoms with Crippen LogP contribution < -0.4 is 10.6 Å². The third-order valence-corrected chi connectivity index (χ3v) is 7.62. The van der Waals surface area contributed by atoms with Crippen molar-refractivity contribution in [2.45, 2.75) is 64.8 Å². The molecular formula is C28H35F3N4O2. The Morgan fingerprint density at radius 1 is 1.11 bits per heavy atom. The molecule has 1 atom stereocenters. The lowest BCUT2D eigenvalue weighted by Gasteiger charge is -2.27. The Kier molecular flexibility index (Phi) is 8.21. The van der Waals surface area contributed by atoms with E-state index in [1.54, 1.807) is 13.2 Å². The zero-order valence-electron chi connectivity index (χ0n) is 21.6. The van der Waals surface area contributed by atoms with E-state index in [1.807, 2.05) is 6.07 Å². The van der Waals surface area contributed by atoms with Crippen LogP contribution >= 0.6 is 0 Å². The van der Waals surface area contributed by atoms with Crippen LogP contribution in [0, 0.1) is 17.8 Å². The summed E-state index contributed by atoms with van der Waals surface area (Å²) in [6.45, 7) is 5.85. The van der Waals surface area contributed by atoms with Crippen LogP contribution in [-0.4, -0.2) is 35.3 Å². The van der Waals surface area contributed by atoms with Crippen LogP contribution in [0.2, 0.25) is 0 Å². The molecule has 0 bridgehead atoms. The van der Waals surface area contributed by atoms with Crippen LogP contribution in [0.3, 0.4) is 0 Å². The minimum Gasteiger partial charge on any atom is -0.359 e. The van der Waals surface area contributed by atoms with E-state index in [4.69, 9.17) is 0 Å². The summed E-state index contributed by atoms with van der Waals surface area (Å²) in [5.41, 5.74) is 2.56. The maximum Gasteiger partial charge on any atom is 0.416 e. The fourth-order valence-corrected chi connectivity index (χ4v) is 5.63. The molecule has 6 nitrogen and oxygen atoms in total. The molecule has 2 heterocycles. The van der Waals surface area contributed by atoms with Crippen molar-refractivity contribution in [3.63, 3.8) is 0 Å². The minimum atomic E-state index is -4.35. The zero-order chi connectivity index (χ0) is 26.7. The van der Waals surface area contributed by atoms with E-state index in [0.29, 0.717) is 31.1 Å². The number of carbonyl (C=O) groups excluding carboxylic acids is 2. The number of nitrogens with one attached hydrogen (secondary N) is 2. The topological polar surface area (TPSA) is 74.3 Å². The average molecular weight is 517 g/mol. The Morgan fingerprint density at radius 3 is 2.38 bits per heavy atom. The van der Waals surface area contributed by atoms with E-state index in [1.165, 1.54) is 12.1 Å². The second-order valence-electron chi connectivity index (χ2n) is 10.6. The largest absolute Gasteiger partial charge is 0.416 e. The molecule has 37 heavy (non-hydrogen) atoms. The number of amides is 2. The standard InChI is InChI=1S/C28H35F3N4O2/c1-17(2)25-24-22(16-35(25)15-19-6-10-23(11-7-19)28(29,30)31)12-21(14-33-24)27(37)34-13-18-4-8-20(9-5-18)26(36)32-3/h6-7,10-12,14,17-18,20,25H,4-5,8-9,13,15-16H2,1-3H3,(H,32,36)(H,34,37)/t18?,20?,25-/m0/s1. The van der Waals surface area contributed by atoms with Crippen molar-refractivity contribution >= 4 is 11.8 Å². The summed E-state index contributed by atoms with van der Waals surface area (Å²) in [7, 11) is 1.66. The van der Waals surface area contributed by atoms with Gasteiger partial charge in [-0.05, 0) is 66.8 Å². The maximum atomic E-state index is 12.9. The molecule has 9 heteroatoms. The number of alkyl halides is 3. The molecule has 1 fully saturated rings. The van der Waals surface area contributed by atoms with Crippen LogP contribution in [0.1, 0.15) is 78.3 Å². The van der Waals surface area contributed by atoms with Gasteiger partial charge in [0.2, 0.25) is 5.91 Å². The highest BCUT2D eigenvalue weighted by atomic mass is 19.4. The summed E-state index contributed by atoms with van der Waals surface area (Å²) in [4.78, 5) is 31.6. The van der Waals surface area contributed by atoms with Crippen LogP contribution in [0.5, 0.6) is 0 Å². The summed E-state index contributed by atoms with van der Waals surface area (Å²) < 4.78 is 38.8. The average Bonchev–Trinajstić information content (AvgIpc) is 3.24. The highest BCUT2D eigenvalue weighted by Gasteiger charge is 2.35. The Balaban J connectivity index is 1.38. The van der Waals surface area contributed by atoms with Gasteiger partial charge in [0.1, 0.15) is 0 Å². The van der Waals surface area contributed by atoms with E-state index in [0.717, 1.165) is 54.6 Å². The SMILES string of the molecule is CNC(=O)C1CCC(CNC(=O)c2cnc3c(c2)CN(Cc2ccc(C(F)(F)F)cc2)[C@H]3C(C)C)CC1. The second kappa shape index (κ2) is 11.2. The Hall–Kier alpha value is -2.94. The van der Waals surface area contributed by atoms with Gasteiger partial charge in [0.25, 0.3) is 5.91 Å². The first kappa shape index (κ1) is 27.1. The molecule has 0 saturated heterocycles. The van der Waals surface area contributed by atoms with E-state index < -0.39 is 11.7 Å². The van der Waals surface area contributed by atoms with Crippen molar-refractivity contribution < 1.29 is 22.8 Å². The lowest BCUT2D eigenvalue weighted by Crippen LogP contribution is -2.35. The molecule has 2 aliphatic rings. The molecule has 2 amide bonds. The van der Waals surface area contributed by atoms with Gasteiger partial charge in [0.05, 0.1) is 22.9 Å². The molecule has 0 unspecified atom stereocenters. The van der Waals surface area contributed by atoms with Crippen molar-refractivity contribution in [2.75, 3.05) is 13.6 Å². The molecule has 0 spiro atoms. The number of hydrogen-bond acceptors (Lipinski definition) is 4. The minimum absolute atomic E-state index is 0.0184. The van der Waals surface area contributed by atoms with Crippen molar-refractivity contribution in [2.24, 2.45) is 17.8 Å². The molecule has 4 rings (SSSR count). The van der Waals surface area contributed by atoms with Gasteiger partial charge in [0, 0.05) is 38.8 Å². The molecule has 2 aromatic rings. The third kappa shape index (κ3) is 6.32. The highest BCUT2D eigenvalue weighted by Crippen LogP contribution is 2.39. The number of nitrogens with zero attached hydrogens (tertiary/aromatic N) is 2. The Morgan fingerprint density at radius 2 is 1.78 bits per heavy atom. The smallest absolute Gasteiger partial charge is 0.359 e. The summed E-state index contributed by atoms with van der Waals surface area (Å²) >= 11 is 0. The molecule has 1 aromatic carbocycles. The number of aromatic nitrogens is 1. The van der Waals surface area contributed by atoms with Crippen molar-refractivity contribution in [3.8, 4) is 0 Å². The molecule has 1 aliphatic carbocycles. The quantitative estimate of drug-likeness (QED) is 0.537. The molecule has 200 valence electrons. The number of fused-ring (bicyclic) bond motifs is 1. The van der Waals surface area contributed by atoms with Crippen LogP contribution in [0.4, 0.5) is 13.2 Å². The van der Waals surface area contributed by atoms with Crippen LogP contribution in [-0.2, 0) is 24.1 Å². The second-order valence-corrected chi connectivity index (χ2v) is 10.6. The fourth-order valence-electron chi connectivity index (χ4n) is 5.63. The van der Waals surface area contributed by atoms with Gasteiger partial charge < -0.3 is 10.6 Å². The molecule has 2 N–H and O–H groups in total. The van der Waals surface area contributed by atoms with E-state index in [-0.39, 0.29) is 29.7 Å². The normalized spacial score (nSPS) is 22.1. The number of benzene rings is 1. The Bertz CT molecular complexity index is 1110. The van der Waals surface area contributed by atoms with Crippen molar-refractivity contribution in [1.29, 1.82) is 0 Å². The molecule has 1 saturated carbocycles. The summed E-state index contributed by atoms with van der Waals surface area (Å²) in [6, 6.07) is 7.20. The lowest BCUT2D eigenvalue weighted by molar-refractivity contribution is -0.137. The Labute approximate surface area is 216 Å². The van der Waals surface area contributed by atoms with Crippen molar-refractivity contribution in [3.05, 3.63) is 64.5 Å². The van der Waals surface area contributed by atoms with Gasteiger partial charge in [0.15, 0.2) is 0 Å². The zero-order valence-corrected chi connectivity index (χ0v) is 21.6. The van der Waals surface area contributed by atoms with Crippen LogP contribution in [0.15, 0.2) is 36.5 Å². The van der Waals surface area contributed by atoms with Gasteiger partial charge in [-0.1, -0.05) is 26.0 Å². The maximum absolute atomic E-state index is 12.9. The first-order valence-corrected chi connectivity index (χ1v) is 13.0. The number of hydrogen-bond donors (Lipinski definition) is 2. The predicted molar refractivity (Wildman–Crippen MR) is 134 cm³/mol. The predicted octanol–water partition coefficient (Wildman–Crippen LogP) is 5.10. The summed E-state index contributed by atoms with van der Waals surface area (Å²) in [6.07, 6.45) is 0.770. The third-order valence-electron chi connectivity index (χ3n) is 7.62. The number of pyridine rings is 1. The highest BCUT2D eigenvalue weighted by molar-refractivity contribution is 5.94. The van der Waals surface area contributed by atoms with Gasteiger partial charge in [-0.15, -0.1) is 0 Å². The van der Waals surface area contributed by atoms with Gasteiger partial charge >= 0.3 is 6.18 Å². The number of halogens is 3. The molecule has 0 radical (unpaired) electrons. The summed E-state index contributed by atoms with van der Waals surface area (Å²) in [5.74, 6) is 0.603. The first-order valence-electron chi connectivity index (χ1n) is 13.0. The fraction of sp³-hybridized carbons (Fsp3) is 0.536. The van der Waals surface area contributed by atoms with Crippen LogP contribution in [0.25, 0.3) is 0 Å². The monoisotopic (exact) mass is 516 g/mol. The summed E-state index contributed by atoms with van der Waals surface area (Å²) in [5, 5.41) is 5.75.